The van der Waals surface area contributed by atoms with E-state index < -0.39 is 5.92 Å². The molecule has 3 heterocycles. The van der Waals surface area contributed by atoms with Crippen molar-refractivity contribution in [3.8, 4) is 0 Å². The Labute approximate surface area is 123 Å². The average Bonchev–Trinajstić information content (AvgIpc) is 2.85. The number of carbonyl (C=O) groups is 2. The Bertz CT molecular complexity index is 658. The predicted octanol–water partition coefficient (Wildman–Crippen LogP) is 0.803. The normalized spacial score (nSPS) is 23.8. The minimum atomic E-state index is -0.439. The van der Waals surface area contributed by atoms with Crippen LogP contribution in [0.3, 0.4) is 0 Å². The monoisotopic (exact) mass is 305 g/mol. The number of rotatable bonds is 3. The molecule has 3 rings (SSSR count). The lowest BCUT2D eigenvalue weighted by Crippen LogP contribution is -2.28. The molecule has 2 amide bonds. The maximum Gasteiger partial charge on any atom is 0.236 e. The number of carbonyl (C=O) groups excluding carboxylic acids is 2. The van der Waals surface area contributed by atoms with Gasteiger partial charge in [-0.1, -0.05) is 16.9 Å². The average molecular weight is 305 g/mol. The highest BCUT2D eigenvalue weighted by atomic mass is 32.2. The zero-order valence-electron chi connectivity index (χ0n) is 10.8. The lowest BCUT2D eigenvalue weighted by Gasteiger charge is -2.16. The lowest BCUT2D eigenvalue weighted by molar-refractivity contribution is -0.120. The van der Waals surface area contributed by atoms with Crippen LogP contribution in [0.2, 0.25) is 0 Å². The molecule has 2 aliphatic rings. The maximum absolute atomic E-state index is 12.0. The molecule has 21 heavy (non-hydrogen) atoms. The van der Waals surface area contributed by atoms with Gasteiger partial charge in [-0.3, -0.25) is 9.59 Å². The summed E-state index contributed by atoms with van der Waals surface area (Å²) in [6, 6.07) is -0.194. The van der Waals surface area contributed by atoms with Crippen LogP contribution < -0.4 is 10.6 Å². The Kier molecular flexibility index (Phi) is 3.63. The van der Waals surface area contributed by atoms with Gasteiger partial charge in [0.1, 0.15) is 5.03 Å². The Hall–Kier alpha value is -2.32. The zero-order chi connectivity index (χ0) is 14.8. The molecule has 1 fully saturated rings. The van der Waals surface area contributed by atoms with Gasteiger partial charge in [-0.2, -0.15) is 0 Å². The summed E-state index contributed by atoms with van der Waals surface area (Å²) in [6.45, 7) is 0.212. The molecule has 2 aliphatic heterocycles. The summed E-state index contributed by atoms with van der Waals surface area (Å²) in [4.78, 5) is 34.6. The number of aromatic nitrogens is 2. The molecule has 2 N–H and O–H groups in total. The van der Waals surface area contributed by atoms with E-state index in [1.807, 2.05) is 0 Å². The topological polar surface area (TPSA) is 133 Å². The van der Waals surface area contributed by atoms with Crippen LogP contribution >= 0.6 is 11.8 Å². The molecule has 2 atom stereocenters. The second-order valence-electron chi connectivity index (χ2n) is 4.69. The molecule has 10 heteroatoms. The first-order chi connectivity index (χ1) is 10.2. The van der Waals surface area contributed by atoms with Crippen LogP contribution in [0.25, 0.3) is 10.4 Å². The number of nitrogens with one attached hydrogen (secondary N) is 2. The van der Waals surface area contributed by atoms with Crippen molar-refractivity contribution in [2.75, 3.05) is 17.6 Å². The number of thioether (sulfide) groups is 1. The molecule has 1 aromatic rings. The van der Waals surface area contributed by atoms with Gasteiger partial charge >= 0.3 is 0 Å². The van der Waals surface area contributed by atoms with Gasteiger partial charge in [-0.15, -0.1) is 0 Å². The number of hydrogen-bond acceptors (Lipinski definition) is 6. The number of hydrogen-bond donors (Lipinski definition) is 2. The van der Waals surface area contributed by atoms with Crippen molar-refractivity contribution >= 4 is 29.4 Å². The van der Waals surface area contributed by atoms with Crippen molar-refractivity contribution in [2.24, 2.45) is 5.11 Å². The summed E-state index contributed by atoms with van der Waals surface area (Å²) in [5.41, 5.74) is 8.83. The molecule has 9 nitrogen and oxygen atoms in total. The Morgan fingerprint density at radius 2 is 2.38 bits per heavy atom. The molecule has 108 valence electrons. The second kappa shape index (κ2) is 5.58. The van der Waals surface area contributed by atoms with Gasteiger partial charge in [0.05, 0.1) is 23.6 Å². The molecule has 0 bridgehead atoms. The largest absolute Gasteiger partial charge is 0.353 e. The maximum atomic E-state index is 12.0. The van der Waals surface area contributed by atoms with Crippen LogP contribution in [0.4, 0.5) is 5.82 Å². The van der Waals surface area contributed by atoms with E-state index in [9.17, 15) is 9.59 Å². The molecule has 0 aromatic carbocycles. The fraction of sp³-hybridized carbons (Fsp3) is 0.455. The third-order valence-electron chi connectivity index (χ3n) is 3.26. The Morgan fingerprint density at radius 1 is 1.52 bits per heavy atom. The summed E-state index contributed by atoms with van der Waals surface area (Å²) in [7, 11) is 0. The van der Waals surface area contributed by atoms with Crippen molar-refractivity contribution in [3.63, 3.8) is 0 Å². The zero-order valence-corrected chi connectivity index (χ0v) is 11.6. The molecular formula is C11H11N7O2S. The van der Waals surface area contributed by atoms with Gasteiger partial charge in [0, 0.05) is 17.5 Å². The van der Waals surface area contributed by atoms with Crippen molar-refractivity contribution < 1.29 is 9.59 Å². The minimum absolute atomic E-state index is 0.129. The van der Waals surface area contributed by atoms with E-state index in [2.05, 4.69) is 30.6 Å². The fourth-order valence-corrected chi connectivity index (χ4v) is 3.01. The first kappa shape index (κ1) is 13.7. The van der Waals surface area contributed by atoms with Crippen LogP contribution in [0, 0.1) is 0 Å². The van der Waals surface area contributed by atoms with Crippen molar-refractivity contribution in [1.82, 2.24) is 15.3 Å². The Morgan fingerprint density at radius 3 is 3.19 bits per heavy atom. The van der Waals surface area contributed by atoms with Gasteiger partial charge in [-0.05, 0) is 12.0 Å². The van der Waals surface area contributed by atoms with Gasteiger partial charge in [0.2, 0.25) is 11.8 Å². The number of anilines is 1. The van der Waals surface area contributed by atoms with Crippen LogP contribution in [-0.4, -0.2) is 40.1 Å². The highest BCUT2D eigenvalue weighted by Crippen LogP contribution is 2.31. The summed E-state index contributed by atoms with van der Waals surface area (Å²) in [5, 5.41) is 9.54. The first-order valence-electron chi connectivity index (χ1n) is 6.28. The van der Waals surface area contributed by atoms with E-state index in [1.54, 1.807) is 6.20 Å². The molecule has 0 radical (unpaired) electrons. The third kappa shape index (κ3) is 2.76. The van der Waals surface area contributed by atoms with E-state index >= 15 is 0 Å². The molecule has 0 aliphatic carbocycles. The molecule has 0 spiro atoms. The van der Waals surface area contributed by atoms with Crippen molar-refractivity contribution in [3.05, 3.63) is 22.3 Å². The van der Waals surface area contributed by atoms with Crippen LogP contribution in [-0.2, 0) is 9.59 Å². The summed E-state index contributed by atoms with van der Waals surface area (Å²) >= 11 is 1.32. The molecule has 0 saturated carbocycles. The fourth-order valence-electron chi connectivity index (χ4n) is 2.31. The quantitative estimate of drug-likeness (QED) is 0.484. The second-order valence-corrected chi connectivity index (χ2v) is 5.66. The van der Waals surface area contributed by atoms with Gasteiger partial charge in [0.25, 0.3) is 0 Å². The SMILES string of the molecule is [N-]=[N+]=NCC1C[C@H](c2cnc3c(n2)NC(=O)CS3)C(=O)N1. The van der Waals surface area contributed by atoms with E-state index in [4.69, 9.17) is 5.53 Å². The van der Waals surface area contributed by atoms with Gasteiger partial charge in [0.15, 0.2) is 5.82 Å². The highest BCUT2D eigenvalue weighted by Gasteiger charge is 2.34. The highest BCUT2D eigenvalue weighted by molar-refractivity contribution is 8.00. The number of nitrogens with zero attached hydrogens (tertiary/aromatic N) is 5. The summed E-state index contributed by atoms with van der Waals surface area (Å²) < 4.78 is 0. The number of fused-ring (bicyclic) bond motifs is 1. The van der Waals surface area contributed by atoms with Crippen LogP contribution in [0.5, 0.6) is 0 Å². The van der Waals surface area contributed by atoms with Gasteiger partial charge in [-0.25, -0.2) is 9.97 Å². The van der Waals surface area contributed by atoms with E-state index in [0.717, 1.165) is 0 Å². The van der Waals surface area contributed by atoms with Crippen molar-refractivity contribution in [1.29, 1.82) is 0 Å². The first-order valence-corrected chi connectivity index (χ1v) is 7.26. The molecule has 1 unspecified atom stereocenters. The summed E-state index contributed by atoms with van der Waals surface area (Å²) in [6.07, 6.45) is 2.05. The molecular weight excluding hydrogens is 294 g/mol. The minimum Gasteiger partial charge on any atom is -0.353 e. The lowest BCUT2D eigenvalue weighted by atomic mass is 10.0. The van der Waals surface area contributed by atoms with E-state index in [0.29, 0.717) is 28.7 Å². The smallest absolute Gasteiger partial charge is 0.236 e. The number of azide groups is 1. The van der Waals surface area contributed by atoms with Crippen LogP contribution in [0.15, 0.2) is 16.3 Å². The van der Waals surface area contributed by atoms with Crippen molar-refractivity contribution in [2.45, 2.75) is 23.4 Å². The van der Waals surface area contributed by atoms with Crippen LogP contribution in [0.1, 0.15) is 18.0 Å². The number of amides is 2. The van der Waals surface area contributed by atoms with E-state index in [1.165, 1.54) is 11.8 Å². The van der Waals surface area contributed by atoms with E-state index in [-0.39, 0.29) is 24.4 Å². The summed E-state index contributed by atoms with van der Waals surface area (Å²) in [5.74, 6) is -0.0158. The third-order valence-corrected chi connectivity index (χ3v) is 4.24. The standard InChI is InChI=1S/C11H11N7O2S/c12-18-14-2-5-1-6(10(20)15-5)7-3-13-11-9(16-7)17-8(19)4-21-11/h3,5-6H,1-2,4H2,(H,15,20)(H,16,17,19)/t5?,6-/m1/s1. The molecule has 1 aromatic heterocycles. The Balaban J connectivity index is 1.81. The van der Waals surface area contributed by atoms with Gasteiger partial charge < -0.3 is 10.6 Å². The molecule has 1 saturated heterocycles. The predicted molar refractivity (Wildman–Crippen MR) is 74.7 cm³/mol.